The maximum absolute atomic E-state index is 11.4. The Morgan fingerprint density at radius 2 is 2.11 bits per heavy atom. The van der Waals surface area contributed by atoms with Gasteiger partial charge in [0.15, 0.2) is 0 Å². The summed E-state index contributed by atoms with van der Waals surface area (Å²) in [6.45, 7) is 4.34. The number of hydrogen-bond acceptors (Lipinski definition) is 2. The molecule has 0 unspecified atom stereocenters. The molecule has 0 aliphatic rings. The fourth-order valence-corrected chi connectivity index (χ4v) is 2.22. The van der Waals surface area contributed by atoms with E-state index in [1.807, 2.05) is 13.2 Å². The Kier molecular flexibility index (Phi) is 3.41. The second-order valence-corrected chi connectivity index (χ2v) is 4.95. The van der Waals surface area contributed by atoms with Gasteiger partial charge in [0, 0.05) is 24.1 Å². The van der Waals surface area contributed by atoms with Crippen LogP contribution in [0.5, 0.6) is 0 Å². The van der Waals surface area contributed by atoms with Gasteiger partial charge in [-0.05, 0) is 29.2 Å². The molecule has 0 aliphatic heterocycles. The number of benzene rings is 1. The Labute approximate surface area is 107 Å². The van der Waals surface area contributed by atoms with Gasteiger partial charge >= 0.3 is 5.97 Å². The van der Waals surface area contributed by atoms with Crippen molar-refractivity contribution in [2.24, 2.45) is 7.05 Å². The molecule has 0 amide bonds. The van der Waals surface area contributed by atoms with Crippen LogP contribution in [0.1, 0.15) is 30.9 Å². The first-order valence-electron chi connectivity index (χ1n) is 6.17. The first kappa shape index (κ1) is 12.7. The Morgan fingerprint density at radius 1 is 1.39 bits per heavy atom. The largest absolute Gasteiger partial charge is 0.469 e. The van der Waals surface area contributed by atoms with Crippen molar-refractivity contribution < 1.29 is 9.53 Å². The first-order valence-corrected chi connectivity index (χ1v) is 6.17. The van der Waals surface area contributed by atoms with E-state index >= 15 is 0 Å². The highest BCUT2D eigenvalue weighted by molar-refractivity contribution is 5.88. The SMILES string of the molecule is COC(=O)Cc1cn(C)c2ccc(C(C)C)cc12. The van der Waals surface area contributed by atoms with Crippen molar-refractivity contribution in [3.05, 3.63) is 35.5 Å². The summed E-state index contributed by atoms with van der Waals surface area (Å²) < 4.78 is 6.80. The van der Waals surface area contributed by atoms with Gasteiger partial charge < -0.3 is 9.30 Å². The highest BCUT2D eigenvalue weighted by Crippen LogP contribution is 2.25. The molecule has 0 N–H and O–H groups in total. The van der Waals surface area contributed by atoms with Crippen molar-refractivity contribution in [2.75, 3.05) is 7.11 Å². The molecule has 0 aliphatic carbocycles. The van der Waals surface area contributed by atoms with Gasteiger partial charge in [-0.1, -0.05) is 19.9 Å². The summed E-state index contributed by atoms with van der Waals surface area (Å²) in [6.07, 6.45) is 2.33. The molecule has 3 heteroatoms. The van der Waals surface area contributed by atoms with E-state index < -0.39 is 0 Å². The van der Waals surface area contributed by atoms with Crippen molar-refractivity contribution in [2.45, 2.75) is 26.2 Å². The van der Waals surface area contributed by atoms with E-state index in [1.165, 1.54) is 12.7 Å². The fourth-order valence-electron chi connectivity index (χ4n) is 2.22. The molecule has 1 aromatic heterocycles. The van der Waals surface area contributed by atoms with Crippen LogP contribution in [0.3, 0.4) is 0 Å². The van der Waals surface area contributed by atoms with Gasteiger partial charge in [-0.2, -0.15) is 0 Å². The Balaban J connectivity index is 2.52. The summed E-state index contributed by atoms with van der Waals surface area (Å²) in [7, 11) is 3.42. The molecule has 96 valence electrons. The van der Waals surface area contributed by atoms with E-state index in [4.69, 9.17) is 4.74 Å². The summed E-state index contributed by atoms with van der Waals surface area (Å²) in [5.41, 5.74) is 3.47. The van der Waals surface area contributed by atoms with Gasteiger partial charge in [-0.3, -0.25) is 4.79 Å². The van der Waals surface area contributed by atoms with Crippen LogP contribution in [0.25, 0.3) is 10.9 Å². The number of nitrogens with zero attached hydrogens (tertiary/aromatic N) is 1. The van der Waals surface area contributed by atoms with Gasteiger partial charge in [0.25, 0.3) is 0 Å². The predicted molar refractivity (Wildman–Crippen MR) is 72.7 cm³/mol. The number of methoxy groups -OCH3 is 1. The number of ether oxygens (including phenoxy) is 1. The first-order chi connectivity index (χ1) is 8.52. The van der Waals surface area contributed by atoms with Gasteiger partial charge in [-0.25, -0.2) is 0 Å². The number of rotatable bonds is 3. The molecular formula is C15H19NO2. The van der Waals surface area contributed by atoms with E-state index in [9.17, 15) is 4.79 Å². The molecule has 1 aromatic carbocycles. The van der Waals surface area contributed by atoms with Crippen LogP contribution in [0, 0.1) is 0 Å². The maximum Gasteiger partial charge on any atom is 0.310 e. The number of aryl methyl sites for hydroxylation is 1. The lowest BCUT2D eigenvalue weighted by molar-refractivity contribution is -0.139. The molecule has 0 atom stereocenters. The third-order valence-corrected chi connectivity index (χ3v) is 3.33. The minimum Gasteiger partial charge on any atom is -0.469 e. The minimum absolute atomic E-state index is 0.197. The zero-order valence-electron chi connectivity index (χ0n) is 11.4. The minimum atomic E-state index is -0.197. The number of esters is 1. The number of hydrogen-bond donors (Lipinski definition) is 0. The molecule has 0 fully saturated rings. The Hall–Kier alpha value is -1.77. The third kappa shape index (κ3) is 2.26. The topological polar surface area (TPSA) is 31.2 Å². The number of carbonyl (C=O) groups is 1. The lowest BCUT2D eigenvalue weighted by Crippen LogP contribution is -2.03. The summed E-state index contributed by atoms with van der Waals surface area (Å²) in [4.78, 5) is 11.4. The monoisotopic (exact) mass is 245 g/mol. The third-order valence-electron chi connectivity index (χ3n) is 3.33. The van der Waals surface area contributed by atoms with Crippen LogP contribution in [0.15, 0.2) is 24.4 Å². The van der Waals surface area contributed by atoms with Gasteiger partial charge in [0.1, 0.15) is 0 Å². The smallest absolute Gasteiger partial charge is 0.310 e. The standard InChI is InChI=1S/C15H19NO2/c1-10(2)11-5-6-14-13(7-11)12(9-16(14)3)8-15(17)18-4/h5-7,9-10H,8H2,1-4H3. The molecule has 0 radical (unpaired) electrons. The van der Waals surface area contributed by atoms with Crippen molar-refractivity contribution in [3.63, 3.8) is 0 Å². The van der Waals surface area contributed by atoms with E-state index in [0.717, 1.165) is 16.5 Å². The van der Waals surface area contributed by atoms with E-state index in [-0.39, 0.29) is 5.97 Å². The Morgan fingerprint density at radius 3 is 2.72 bits per heavy atom. The van der Waals surface area contributed by atoms with E-state index in [2.05, 4.69) is 36.6 Å². The quantitative estimate of drug-likeness (QED) is 0.778. The molecule has 3 nitrogen and oxygen atoms in total. The van der Waals surface area contributed by atoms with Gasteiger partial charge in [0.05, 0.1) is 13.5 Å². The van der Waals surface area contributed by atoms with Crippen molar-refractivity contribution in [1.29, 1.82) is 0 Å². The van der Waals surface area contributed by atoms with Crippen molar-refractivity contribution in [1.82, 2.24) is 4.57 Å². The maximum atomic E-state index is 11.4. The average Bonchev–Trinajstić information content (AvgIpc) is 2.65. The number of carbonyl (C=O) groups excluding carboxylic acids is 1. The molecule has 0 spiro atoms. The second-order valence-electron chi connectivity index (χ2n) is 4.95. The molecule has 2 rings (SSSR count). The van der Waals surface area contributed by atoms with Crippen LogP contribution in [0.4, 0.5) is 0 Å². The summed E-state index contributed by atoms with van der Waals surface area (Å²) in [6, 6.07) is 6.44. The fraction of sp³-hybridized carbons (Fsp3) is 0.400. The van der Waals surface area contributed by atoms with Gasteiger partial charge in [-0.15, -0.1) is 0 Å². The van der Waals surface area contributed by atoms with Crippen molar-refractivity contribution >= 4 is 16.9 Å². The highest BCUT2D eigenvalue weighted by Gasteiger charge is 2.12. The normalized spacial score (nSPS) is 11.2. The van der Waals surface area contributed by atoms with Crippen molar-refractivity contribution in [3.8, 4) is 0 Å². The van der Waals surface area contributed by atoms with Crippen LogP contribution < -0.4 is 0 Å². The summed E-state index contributed by atoms with van der Waals surface area (Å²) in [5.74, 6) is 0.290. The number of fused-ring (bicyclic) bond motifs is 1. The van der Waals surface area contributed by atoms with E-state index in [1.54, 1.807) is 0 Å². The van der Waals surface area contributed by atoms with Crippen LogP contribution in [-0.4, -0.2) is 17.6 Å². The Bertz CT molecular complexity index is 581. The predicted octanol–water partition coefficient (Wildman–Crippen LogP) is 3.02. The second kappa shape index (κ2) is 4.84. The van der Waals surface area contributed by atoms with Gasteiger partial charge in [0.2, 0.25) is 0 Å². The molecule has 0 saturated carbocycles. The van der Waals surface area contributed by atoms with Crippen LogP contribution >= 0.6 is 0 Å². The summed E-state index contributed by atoms with van der Waals surface area (Å²) in [5, 5.41) is 1.15. The molecule has 18 heavy (non-hydrogen) atoms. The highest BCUT2D eigenvalue weighted by atomic mass is 16.5. The molecule has 0 bridgehead atoms. The molecule has 0 saturated heterocycles. The molecule has 1 heterocycles. The molecular weight excluding hydrogens is 226 g/mol. The summed E-state index contributed by atoms with van der Waals surface area (Å²) >= 11 is 0. The van der Waals surface area contributed by atoms with E-state index in [0.29, 0.717) is 12.3 Å². The lowest BCUT2D eigenvalue weighted by Gasteiger charge is -2.06. The molecule has 2 aromatic rings. The average molecular weight is 245 g/mol. The van der Waals surface area contributed by atoms with Crippen LogP contribution in [0.2, 0.25) is 0 Å². The lowest BCUT2D eigenvalue weighted by atomic mass is 10.00. The zero-order chi connectivity index (χ0) is 13.3. The van der Waals surface area contributed by atoms with Crippen LogP contribution in [-0.2, 0) is 23.0 Å². The zero-order valence-corrected chi connectivity index (χ0v) is 11.4. The number of aromatic nitrogens is 1.